The van der Waals surface area contributed by atoms with Gasteiger partial charge in [-0.3, -0.25) is 9.59 Å². The monoisotopic (exact) mass is 558 g/mol. The van der Waals surface area contributed by atoms with E-state index in [2.05, 4.69) is 22.0 Å². The molecule has 0 saturated heterocycles. The molecule has 7 nitrogen and oxygen atoms in total. The summed E-state index contributed by atoms with van der Waals surface area (Å²) >= 11 is 7.39. The topological polar surface area (TPSA) is 103 Å². The summed E-state index contributed by atoms with van der Waals surface area (Å²) in [7, 11) is 1.54. The van der Waals surface area contributed by atoms with Crippen LogP contribution in [0.4, 0.5) is 11.4 Å². The van der Waals surface area contributed by atoms with Crippen molar-refractivity contribution in [2.45, 2.75) is 19.8 Å². The fraction of sp³-hybridized carbons (Fsp3) is 0.167. The van der Waals surface area contributed by atoms with Crippen LogP contribution in [-0.4, -0.2) is 24.7 Å². The number of hydrogen-bond donors (Lipinski definition) is 3. The van der Waals surface area contributed by atoms with Gasteiger partial charge in [0.15, 0.2) is 0 Å². The molecule has 0 aliphatic carbocycles. The number of halogens is 1. The molecule has 3 aromatic carbocycles. The zero-order valence-electron chi connectivity index (χ0n) is 21.7. The van der Waals surface area contributed by atoms with E-state index < -0.39 is 5.92 Å². The van der Waals surface area contributed by atoms with Gasteiger partial charge in [-0.1, -0.05) is 71.9 Å². The number of allylic oxidation sites excluding steroid dienone is 2. The Hall–Kier alpha value is -4.19. The average molecular weight is 559 g/mol. The molecular weight excluding hydrogens is 532 g/mol. The smallest absolute Gasteiger partial charge is 0.254 e. The lowest BCUT2D eigenvalue weighted by Crippen LogP contribution is -2.31. The molecule has 39 heavy (non-hydrogen) atoms. The minimum Gasteiger partial charge on any atom is -0.495 e. The molecule has 3 N–H and O–H groups in total. The van der Waals surface area contributed by atoms with Crippen LogP contribution in [0.1, 0.15) is 24.0 Å². The van der Waals surface area contributed by atoms with Crippen molar-refractivity contribution in [1.29, 1.82) is 5.26 Å². The van der Waals surface area contributed by atoms with E-state index in [0.717, 1.165) is 11.1 Å². The number of hydrogen-bond acceptors (Lipinski definition) is 6. The van der Waals surface area contributed by atoms with E-state index in [4.69, 9.17) is 16.3 Å². The highest BCUT2D eigenvalue weighted by Crippen LogP contribution is 2.41. The number of dihydropyridines is 1. The van der Waals surface area contributed by atoms with Crippen molar-refractivity contribution in [1.82, 2.24) is 5.32 Å². The second-order valence-electron chi connectivity index (χ2n) is 8.77. The highest BCUT2D eigenvalue weighted by Gasteiger charge is 2.35. The van der Waals surface area contributed by atoms with Crippen LogP contribution in [0, 0.1) is 18.3 Å². The number of para-hydroxylation sites is 2. The lowest BCUT2D eigenvalue weighted by molar-refractivity contribution is -0.114. The summed E-state index contributed by atoms with van der Waals surface area (Å²) in [5, 5.41) is 20.4. The number of nitrogens with zero attached hydrogens (tertiary/aromatic N) is 1. The van der Waals surface area contributed by atoms with Crippen molar-refractivity contribution in [2.24, 2.45) is 0 Å². The molecule has 0 spiro atoms. The summed E-state index contributed by atoms with van der Waals surface area (Å²) in [5.74, 6) is -0.652. The van der Waals surface area contributed by atoms with E-state index in [1.165, 1.54) is 18.9 Å². The summed E-state index contributed by atoms with van der Waals surface area (Å²) in [6.45, 7) is 3.62. The van der Waals surface area contributed by atoms with Crippen molar-refractivity contribution in [3.05, 3.63) is 111 Å². The summed E-state index contributed by atoms with van der Waals surface area (Å²) < 4.78 is 5.39. The lowest BCUT2D eigenvalue weighted by atomic mass is 9.82. The summed E-state index contributed by atoms with van der Waals surface area (Å²) in [6.07, 6.45) is 0. The van der Waals surface area contributed by atoms with Gasteiger partial charge in [0.2, 0.25) is 5.91 Å². The maximum Gasteiger partial charge on any atom is 0.254 e. The van der Waals surface area contributed by atoms with Crippen molar-refractivity contribution >= 4 is 46.6 Å². The minimum absolute atomic E-state index is 0.0526. The average Bonchev–Trinajstić information content (AvgIpc) is 2.94. The number of amides is 2. The van der Waals surface area contributed by atoms with Gasteiger partial charge in [-0.25, -0.2) is 0 Å². The molecule has 1 atom stereocenters. The Balaban J connectivity index is 1.62. The van der Waals surface area contributed by atoms with E-state index in [0.29, 0.717) is 44.0 Å². The van der Waals surface area contributed by atoms with Crippen LogP contribution in [0.15, 0.2) is 94.7 Å². The number of carbonyl (C=O) groups excluding carboxylic acids is 2. The summed E-state index contributed by atoms with van der Waals surface area (Å²) in [6, 6.07) is 24.1. The fourth-order valence-corrected chi connectivity index (χ4v) is 5.38. The van der Waals surface area contributed by atoms with Gasteiger partial charge in [-0.2, -0.15) is 5.26 Å². The van der Waals surface area contributed by atoms with E-state index in [1.54, 1.807) is 43.3 Å². The molecule has 4 rings (SSSR count). The number of rotatable bonds is 8. The van der Waals surface area contributed by atoms with Crippen molar-refractivity contribution < 1.29 is 14.3 Å². The molecule has 0 unspecified atom stereocenters. The third-order valence-corrected chi connectivity index (χ3v) is 7.70. The van der Waals surface area contributed by atoms with Crippen LogP contribution >= 0.6 is 23.4 Å². The molecule has 1 heterocycles. The van der Waals surface area contributed by atoms with Gasteiger partial charge in [0.1, 0.15) is 5.75 Å². The quantitative estimate of drug-likeness (QED) is 0.297. The van der Waals surface area contributed by atoms with Crippen molar-refractivity contribution in [3.63, 3.8) is 0 Å². The van der Waals surface area contributed by atoms with Gasteiger partial charge in [0, 0.05) is 22.0 Å². The SMILES string of the molecule is COc1ccccc1NC(=O)C1=C(C)NC(SCC(=O)Nc2cccc(Cl)c2C)=C(C#N)[C@H]1c1ccccc1. The molecule has 0 bridgehead atoms. The van der Waals surface area contributed by atoms with Gasteiger partial charge in [-0.15, -0.1) is 0 Å². The Kier molecular flexibility index (Phi) is 8.97. The van der Waals surface area contributed by atoms with Crippen LogP contribution in [0.2, 0.25) is 5.02 Å². The number of thioether (sulfide) groups is 1. The van der Waals surface area contributed by atoms with E-state index >= 15 is 0 Å². The first-order valence-corrected chi connectivity index (χ1v) is 13.5. The van der Waals surface area contributed by atoms with Crippen LogP contribution in [0.25, 0.3) is 0 Å². The molecule has 0 saturated carbocycles. The molecule has 1 aliphatic rings. The number of nitriles is 1. The summed E-state index contributed by atoms with van der Waals surface area (Å²) in [5.41, 5.74) is 4.07. The van der Waals surface area contributed by atoms with Gasteiger partial charge in [0.25, 0.3) is 5.91 Å². The maximum absolute atomic E-state index is 13.6. The van der Waals surface area contributed by atoms with Crippen LogP contribution in [0.5, 0.6) is 5.75 Å². The Bertz CT molecular complexity index is 1510. The first-order valence-electron chi connectivity index (χ1n) is 12.1. The number of methoxy groups -OCH3 is 1. The van der Waals surface area contributed by atoms with Gasteiger partial charge < -0.3 is 20.7 Å². The van der Waals surface area contributed by atoms with E-state index in [9.17, 15) is 14.9 Å². The largest absolute Gasteiger partial charge is 0.495 e. The second kappa shape index (κ2) is 12.6. The molecule has 198 valence electrons. The highest BCUT2D eigenvalue weighted by molar-refractivity contribution is 8.03. The predicted molar refractivity (Wildman–Crippen MR) is 157 cm³/mol. The van der Waals surface area contributed by atoms with Crippen LogP contribution in [-0.2, 0) is 9.59 Å². The Labute approximate surface area is 236 Å². The first-order chi connectivity index (χ1) is 18.8. The maximum atomic E-state index is 13.6. The van der Waals surface area contributed by atoms with Gasteiger partial charge >= 0.3 is 0 Å². The molecule has 0 radical (unpaired) electrons. The van der Waals surface area contributed by atoms with Gasteiger partial charge in [0.05, 0.1) is 41.1 Å². The molecule has 0 aromatic heterocycles. The van der Waals surface area contributed by atoms with E-state index in [1.807, 2.05) is 43.3 Å². The number of benzene rings is 3. The fourth-order valence-electron chi connectivity index (χ4n) is 4.31. The van der Waals surface area contributed by atoms with Crippen LogP contribution < -0.4 is 20.7 Å². The highest BCUT2D eigenvalue weighted by atomic mass is 35.5. The Morgan fingerprint density at radius 3 is 2.41 bits per heavy atom. The third-order valence-electron chi connectivity index (χ3n) is 6.27. The zero-order chi connectivity index (χ0) is 27.9. The first kappa shape index (κ1) is 27.8. The minimum atomic E-state index is -0.632. The molecule has 1 aliphatic heterocycles. The van der Waals surface area contributed by atoms with Crippen molar-refractivity contribution in [2.75, 3.05) is 23.5 Å². The third kappa shape index (κ3) is 6.28. The molecule has 3 aromatic rings. The molecule has 0 fully saturated rings. The van der Waals surface area contributed by atoms with E-state index in [-0.39, 0.29) is 17.6 Å². The van der Waals surface area contributed by atoms with Crippen molar-refractivity contribution in [3.8, 4) is 11.8 Å². The van der Waals surface area contributed by atoms with Crippen LogP contribution in [0.3, 0.4) is 0 Å². The second-order valence-corrected chi connectivity index (χ2v) is 10.2. The Morgan fingerprint density at radius 1 is 1.00 bits per heavy atom. The normalized spacial score (nSPS) is 14.8. The number of anilines is 2. The summed E-state index contributed by atoms with van der Waals surface area (Å²) in [4.78, 5) is 26.4. The Morgan fingerprint density at radius 2 is 1.69 bits per heavy atom. The lowest BCUT2D eigenvalue weighted by Gasteiger charge is -2.30. The molecular formula is C30H27ClN4O3S. The molecule has 2 amide bonds. The number of carbonyl (C=O) groups is 2. The van der Waals surface area contributed by atoms with Gasteiger partial charge in [-0.05, 0) is 49.2 Å². The standard InChI is InChI=1S/C30H27ClN4O3S/c1-18-22(31)12-9-14-23(18)34-26(36)17-39-30-21(16-32)28(20-10-5-4-6-11-20)27(19(2)33-30)29(37)35-24-13-7-8-15-25(24)38-3/h4-15,28,33H,17H2,1-3H3,(H,34,36)(H,35,37)/t28-/m1/s1. The zero-order valence-corrected chi connectivity index (χ0v) is 23.2. The predicted octanol–water partition coefficient (Wildman–Crippen LogP) is 6.36. The number of nitrogens with one attached hydrogen (secondary N) is 3. The molecule has 9 heteroatoms. The number of ether oxygens (including phenoxy) is 1.